The Hall–Kier alpha value is -1.94. The minimum Gasteiger partial charge on any atom is -0.371 e. The van der Waals surface area contributed by atoms with Crippen molar-refractivity contribution in [2.45, 2.75) is 97.6 Å². The van der Waals surface area contributed by atoms with Crippen LogP contribution in [0.2, 0.25) is 11.1 Å². The largest absolute Gasteiger partial charge is 0.371 e. The van der Waals surface area contributed by atoms with Crippen LogP contribution in [0.4, 0.5) is 11.4 Å². The predicted molar refractivity (Wildman–Crippen MR) is 154 cm³/mol. The first-order valence-electron chi connectivity index (χ1n) is 14.5. The molecule has 0 unspecified atom stereocenters. The molecule has 0 spiro atoms. The molecule has 5 rings (SSSR count). The number of benzene rings is 2. The Balaban J connectivity index is 1.69. The minimum atomic E-state index is -2.04. The Morgan fingerprint density at radius 3 is 2.40 bits per heavy atom. The summed E-state index contributed by atoms with van der Waals surface area (Å²) in [5.41, 5.74) is 7.11. The molecule has 0 amide bonds. The summed E-state index contributed by atoms with van der Waals surface area (Å²) in [6.45, 7) is 19.3. The Kier molecular flexibility index (Phi) is 6.95. The quantitative estimate of drug-likeness (QED) is 0.283. The Labute approximate surface area is 214 Å². The summed E-state index contributed by atoms with van der Waals surface area (Å²) in [5.74, 6) is 0. The zero-order valence-corrected chi connectivity index (χ0v) is 24.1. The van der Waals surface area contributed by atoms with Crippen molar-refractivity contribution in [2.24, 2.45) is 4.99 Å². The lowest BCUT2D eigenvalue weighted by atomic mass is 10.1. The SMILES string of the molecule is CCCCCCN1CCc2cc3c(cc21)[Si](C(C)C)(C(C)C)c1cc2c(cc1=N3)CC[N+]=2CCC. The van der Waals surface area contributed by atoms with Gasteiger partial charge in [0.25, 0.3) is 0 Å². The van der Waals surface area contributed by atoms with Crippen molar-refractivity contribution in [3.63, 3.8) is 0 Å². The second-order valence-electron chi connectivity index (χ2n) is 11.8. The van der Waals surface area contributed by atoms with Crippen LogP contribution < -0.4 is 30.6 Å². The van der Waals surface area contributed by atoms with E-state index in [0.717, 1.165) is 13.1 Å². The topological polar surface area (TPSA) is 18.6 Å². The van der Waals surface area contributed by atoms with Crippen molar-refractivity contribution in [1.29, 1.82) is 0 Å². The maximum absolute atomic E-state index is 5.40. The molecule has 0 atom stereocenters. The fourth-order valence-corrected chi connectivity index (χ4v) is 13.4. The molecule has 3 aliphatic heterocycles. The van der Waals surface area contributed by atoms with Gasteiger partial charge in [0.1, 0.15) is 21.2 Å². The van der Waals surface area contributed by atoms with Gasteiger partial charge in [0, 0.05) is 43.2 Å². The molecule has 0 aliphatic carbocycles. The molecule has 3 nitrogen and oxygen atoms in total. The van der Waals surface area contributed by atoms with E-state index in [1.807, 2.05) is 0 Å². The van der Waals surface area contributed by atoms with Gasteiger partial charge in [-0.2, -0.15) is 0 Å². The van der Waals surface area contributed by atoms with E-state index < -0.39 is 8.07 Å². The molecule has 0 saturated heterocycles. The summed E-state index contributed by atoms with van der Waals surface area (Å²) in [7, 11) is -2.04. The molecule has 0 saturated carbocycles. The highest BCUT2D eigenvalue weighted by molar-refractivity contribution is 7.05. The second kappa shape index (κ2) is 9.84. The lowest BCUT2D eigenvalue weighted by Crippen LogP contribution is -2.69. The van der Waals surface area contributed by atoms with Crippen LogP contribution in [0.5, 0.6) is 0 Å². The van der Waals surface area contributed by atoms with Crippen molar-refractivity contribution >= 4 is 29.8 Å². The maximum Gasteiger partial charge on any atom is 0.203 e. The molecule has 3 aliphatic rings. The standard InChI is InChI=1S/C31H46N3Si/c1-7-9-10-11-15-34-17-13-25-19-27-31(21-29(25)34)35(22(3)4,23(5)6)30-20-28-24(18-26(30)32-27)12-16-33(28)14-8-2/h18-23H,7-17H2,1-6H3/q+1. The van der Waals surface area contributed by atoms with Crippen LogP contribution in [0.25, 0.3) is 0 Å². The summed E-state index contributed by atoms with van der Waals surface area (Å²) >= 11 is 0. The third kappa shape index (κ3) is 4.00. The van der Waals surface area contributed by atoms with Gasteiger partial charge in [-0.1, -0.05) is 60.8 Å². The fraction of sp³-hybridized carbons (Fsp3) is 0.613. The van der Waals surface area contributed by atoms with Crippen LogP contribution in [0.15, 0.2) is 29.3 Å². The molecule has 0 fully saturated rings. The van der Waals surface area contributed by atoms with Gasteiger partial charge in [0.15, 0.2) is 0 Å². The summed E-state index contributed by atoms with van der Waals surface area (Å²) in [6.07, 6.45) is 8.88. The van der Waals surface area contributed by atoms with Crippen LogP contribution >= 0.6 is 0 Å². The summed E-state index contributed by atoms with van der Waals surface area (Å²) in [6, 6.07) is 10.2. The first-order valence-corrected chi connectivity index (χ1v) is 16.6. The molecule has 2 aromatic rings. The van der Waals surface area contributed by atoms with Crippen molar-refractivity contribution in [2.75, 3.05) is 31.1 Å². The average Bonchev–Trinajstić information content (AvgIpc) is 3.40. The number of hydrogen-bond donors (Lipinski definition) is 0. The number of unbranched alkanes of at least 4 members (excludes halogenated alkanes) is 3. The van der Waals surface area contributed by atoms with Gasteiger partial charge >= 0.3 is 0 Å². The number of hydrogen-bond acceptors (Lipinski definition) is 2. The van der Waals surface area contributed by atoms with Gasteiger partial charge in [-0.15, -0.1) is 0 Å². The fourth-order valence-electron chi connectivity index (χ4n) is 7.48. The molecule has 0 bridgehead atoms. The summed E-state index contributed by atoms with van der Waals surface area (Å²) < 4.78 is 2.63. The molecule has 188 valence electrons. The molecule has 3 heterocycles. The van der Waals surface area contributed by atoms with Crippen LogP contribution in [0, 0.1) is 0 Å². The molecule has 4 heteroatoms. The Morgan fingerprint density at radius 2 is 1.69 bits per heavy atom. The molecule has 0 aromatic heterocycles. The normalized spacial score (nSPS) is 17.5. The zero-order chi connectivity index (χ0) is 24.7. The van der Waals surface area contributed by atoms with E-state index in [0.29, 0.717) is 11.1 Å². The van der Waals surface area contributed by atoms with Crippen LogP contribution in [-0.2, 0) is 12.8 Å². The van der Waals surface area contributed by atoms with Crippen molar-refractivity contribution in [3.05, 3.63) is 46.1 Å². The van der Waals surface area contributed by atoms with Gasteiger partial charge in [0.05, 0.1) is 11.0 Å². The first kappa shape index (κ1) is 24.7. The number of rotatable bonds is 9. The molecular formula is C31H46N3Si+. The monoisotopic (exact) mass is 488 g/mol. The smallest absolute Gasteiger partial charge is 0.203 e. The van der Waals surface area contributed by atoms with E-state index in [4.69, 9.17) is 4.99 Å². The molecule has 35 heavy (non-hydrogen) atoms. The lowest BCUT2D eigenvalue weighted by molar-refractivity contribution is 0.598. The Morgan fingerprint density at radius 1 is 0.886 bits per heavy atom. The highest BCUT2D eigenvalue weighted by Gasteiger charge is 2.48. The van der Waals surface area contributed by atoms with E-state index in [1.54, 1.807) is 10.4 Å². The zero-order valence-electron chi connectivity index (χ0n) is 23.1. The van der Waals surface area contributed by atoms with Crippen molar-refractivity contribution in [1.82, 2.24) is 4.58 Å². The van der Waals surface area contributed by atoms with E-state index >= 15 is 0 Å². The summed E-state index contributed by atoms with van der Waals surface area (Å²) in [4.78, 5) is 8.09. The highest BCUT2D eigenvalue weighted by atomic mass is 28.3. The summed E-state index contributed by atoms with van der Waals surface area (Å²) in [5, 5.41) is 6.00. The third-order valence-electron chi connectivity index (χ3n) is 9.11. The van der Waals surface area contributed by atoms with Crippen LogP contribution in [-0.4, -0.2) is 34.3 Å². The van der Waals surface area contributed by atoms with Crippen LogP contribution in [0.3, 0.4) is 0 Å². The highest BCUT2D eigenvalue weighted by Crippen LogP contribution is 2.39. The van der Waals surface area contributed by atoms with Crippen molar-refractivity contribution in [3.8, 4) is 0 Å². The molecule has 2 aromatic carbocycles. The minimum absolute atomic E-state index is 0.632. The maximum atomic E-state index is 5.40. The van der Waals surface area contributed by atoms with Gasteiger partial charge < -0.3 is 4.90 Å². The first-order chi connectivity index (χ1) is 16.9. The van der Waals surface area contributed by atoms with Crippen molar-refractivity contribution < 1.29 is 0 Å². The lowest BCUT2D eigenvalue weighted by Gasteiger charge is -2.43. The Bertz CT molecular complexity index is 1220. The molecule has 0 N–H and O–H groups in total. The van der Waals surface area contributed by atoms with E-state index in [1.165, 1.54) is 91.3 Å². The molecular weight excluding hydrogens is 442 g/mol. The second-order valence-corrected chi connectivity index (χ2v) is 16.9. The third-order valence-corrected chi connectivity index (χ3v) is 15.3. The van der Waals surface area contributed by atoms with Gasteiger partial charge in [-0.05, 0) is 58.1 Å². The van der Waals surface area contributed by atoms with Crippen LogP contribution in [0.1, 0.15) is 84.8 Å². The molecule has 0 radical (unpaired) electrons. The van der Waals surface area contributed by atoms with Gasteiger partial charge in [0.2, 0.25) is 5.36 Å². The van der Waals surface area contributed by atoms with E-state index in [-0.39, 0.29) is 0 Å². The number of anilines is 1. The predicted octanol–water partition coefficient (Wildman–Crippen LogP) is 4.73. The van der Waals surface area contributed by atoms with E-state index in [9.17, 15) is 0 Å². The van der Waals surface area contributed by atoms with E-state index in [2.05, 4.69) is 75.3 Å². The number of fused-ring (bicyclic) bond motifs is 4. The van der Waals surface area contributed by atoms with Gasteiger partial charge in [-0.25, -0.2) is 9.57 Å². The number of nitrogens with zero attached hydrogens (tertiary/aromatic N) is 3. The van der Waals surface area contributed by atoms with Gasteiger partial charge in [-0.3, -0.25) is 0 Å². The average molecular weight is 489 g/mol.